The Morgan fingerprint density at radius 3 is 2.00 bits per heavy atom. The molecule has 1 atom stereocenters. The number of aliphatic hydroxyl groups is 1. The smallest absolute Gasteiger partial charge is 0.290 e. The molecule has 0 unspecified atom stereocenters. The van der Waals surface area contributed by atoms with E-state index in [9.17, 15) is 14.7 Å². The van der Waals surface area contributed by atoms with Gasteiger partial charge in [0.2, 0.25) is 0 Å². The minimum Gasteiger partial charge on any atom is -0.497 e. The first-order valence-electron chi connectivity index (χ1n) is 8.46. The second-order valence-corrected chi connectivity index (χ2v) is 6.89. The summed E-state index contributed by atoms with van der Waals surface area (Å²) >= 11 is 0.869. The Morgan fingerprint density at radius 1 is 0.964 bits per heavy atom. The van der Waals surface area contributed by atoms with Crippen molar-refractivity contribution in [2.75, 3.05) is 20.3 Å². The van der Waals surface area contributed by atoms with E-state index in [2.05, 4.69) is 5.32 Å². The summed E-state index contributed by atoms with van der Waals surface area (Å²) in [6, 6.07) is 14.0. The summed E-state index contributed by atoms with van der Waals surface area (Å²) in [6.45, 7) is 0.167. The molecule has 1 aliphatic rings. The number of hydrogen-bond donors (Lipinski definition) is 2. The third-order valence-electron chi connectivity index (χ3n) is 3.76. The van der Waals surface area contributed by atoms with Crippen LogP contribution in [-0.2, 0) is 4.79 Å². The number of rotatable bonds is 8. The Kier molecular flexibility index (Phi) is 6.57. The van der Waals surface area contributed by atoms with Gasteiger partial charge in [-0.1, -0.05) is 12.1 Å². The normalized spacial score (nSPS) is 16.0. The summed E-state index contributed by atoms with van der Waals surface area (Å²) in [7, 11) is 1.59. The molecule has 0 aromatic heterocycles. The standard InChI is InChI=1S/C20H19NO6S/c1-25-15-6-8-17(9-7-15)27-12-14(22)11-26-16-4-2-13(3-5-16)10-18-19(23)21-20(24)28-18/h2-10,14,22H,11-12H2,1H3,(H,21,23,24)/b18-10-/t14-/m0/s1. The molecule has 146 valence electrons. The van der Waals surface area contributed by atoms with Crippen LogP contribution < -0.4 is 19.5 Å². The lowest BCUT2D eigenvalue weighted by molar-refractivity contribution is -0.115. The van der Waals surface area contributed by atoms with Gasteiger partial charge in [-0.2, -0.15) is 0 Å². The summed E-state index contributed by atoms with van der Waals surface area (Å²) in [4.78, 5) is 23.1. The SMILES string of the molecule is COc1ccc(OC[C@@H](O)COc2ccc(/C=C3\SC(=O)NC3=O)cc2)cc1. The summed E-state index contributed by atoms with van der Waals surface area (Å²) in [6.07, 6.45) is 0.833. The molecule has 2 amide bonds. The summed E-state index contributed by atoms with van der Waals surface area (Å²) < 4.78 is 16.1. The fraction of sp³-hybridized carbons (Fsp3) is 0.200. The number of aliphatic hydroxyl groups excluding tert-OH is 1. The summed E-state index contributed by atoms with van der Waals surface area (Å²) in [5.41, 5.74) is 0.767. The van der Waals surface area contributed by atoms with Crippen LogP contribution in [0.25, 0.3) is 6.08 Å². The van der Waals surface area contributed by atoms with Crippen LogP contribution in [-0.4, -0.2) is 42.7 Å². The highest BCUT2D eigenvalue weighted by atomic mass is 32.2. The molecule has 0 radical (unpaired) electrons. The van der Waals surface area contributed by atoms with Crippen LogP contribution in [0.4, 0.5) is 4.79 Å². The third-order valence-corrected chi connectivity index (χ3v) is 4.57. The van der Waals surface area contributed by atoms with Gasteiger partial charge in [0.1, 0.15) is 36.6 Å². The maximum absolute atomic E-state index is 11.5. The maximum atomic E-state index is 11.5. The Bertz CT molecular complexity index is 863. The lowest BCUT2D eigenvalue weighted by atomic mass is 10.2. The van der Waals surface area contributed by atoms with Gasteiger partial charge >= 0.3 is 0 Å². The molecule has 1 aliphatic heterocycles. The summed E-state index contributed by atoms with van der Waals surface area (Å²) in [5.74, 6) is 1.54. The quantitative estimate of drug-likeness (QED) is 0.657. The molecule has 3 rings (SSSR count). The first-order valence-corrected chi connectivity index (χ1v) is 9.28. The molecule has 8 heteroatoms. The van der Waals surface area contributed by atoms with E-state index >= 15 is 0 Å². The van der Waals surface area contributed by atoms with E-state index in [1.54, 1.807) is 61.7 Å². The minimum absolute atomic E-state index is 0.0728. The van der Waals surface area contributed by atoms with Crippen LogP contribution in [0.3, 0.4) is 0 Å². The lowest BCUT2D eigenvalue weighted by Gasteiger charge is -2.14. The molecule has 1 saturated heterocycles. The van der Waals surface area contributed by atoms with E-state index in [4.69, 9.17) is 14.2 Å². The molecule has 0 bridgehead atoms. The number of hydrogen-bond acceptors (Lipinski definition) is 7. The van der Waals surface area contributed by atoms with Crippen molar-refractivity contribution in [3.05, 3.63) is 59.0 Å². The molecule has 7 nitrogen and oxygen atoms in total. The predicted octanol–water partition coefficient (Wildman–Crippen LogP) is 2.84. The first-order chi connectivity index (χ1) is 13.5. The molecule has 1 heterocycles. The number of carbonyl (C=O) groups excluding carboxylic acids is 2. The largest absolute Gasteiger partial charge is 0.497 e. The van der Waals surface area contributed by atoms with Gasteiger partial charge in [0.25, 0.3) is 11.1 Å². The molecular weight excluding hydrogens is 382 g/mol. The number of thioether (sulfide) groups is 1. The van der Waals surface area contributed by atoms with E-state index in [1.807, 2.05) is 0 Å². The monoisotopic (exact) mass is 401 g/mol. The number of carbonyl (C=O) groups is 2. The van der Waals surface area contributed by atoms with E-state index in [1.165, 1.54) is 0 Å². The molecule has 0 aliphatic carbocycles. The summed E-state index contributed by atoms with van der Waals surface area (Å²) in [5, 5.41) is 11.8. The topological polar surface area (TPSA) is 94.1 Å². The van der Waals surface area contributed by atoms with E-state index in [0.717, 1.165) is 23.1 Å². The van der Waals surface area contributed by atoms with Crippen molar-refractivity contribution in [3.63, 3.8) is 0 Å². The predicted molar refractivity (Wildman–Crippen MR) is 106 cm³/mol. The van der Waals surface area contributed by atoms with Crippen LogP contribution in [0.5, 0.6) is 17.2 Å². The number of imide groups is 1. The van der Waals surface area contributed by atoms with Gasteiger partial charge < -0.3 is 19.3 Å². The molecule has 0 saturated carbocycles. The number of methoxy groups -OCH3 is 1. The molecule has 2 aromatic rings. The Balaban J connectivity index is 1.45. The number of benzene rings is 2. The minimum atomic E-state index is -0.798. The van der Waals surface area contributed by atoms with Crippen LogP contribution in [0.2, 0.25) is 0 Å². The maximum Gasteiger partial charge on any atom is 0.290 e. The molecule has 0 spiro atoms. The second-order valence-electron chi connectivity index (χ2n) is 5.87. The third kappa shape index (κ3) is 5.51. The zero-order valence-electron chi connectivity index (χ0n) is 15.1. The van der Waals surface area contributed by atoms with E-state index in [-0.39, 0.29) is 18.5 Å². The fourth-order valence-electron chi connectivity index (χ4n) is 2.34. The molecule has 2 N–H and O–H groups in total. The van der Waals surface area contributed by atoms with Crippen molar-refractivity contribution < 1.29 is 28.9 Å². The van der Waals surface area contributed by atoms with Crippen LogP contribution in [0.1, 0.15) is 5.56 Å². The second kappa shape index (κ2) is 9.29. The van der Waals surface area contributed by atoms with Gasteiger partial charge in [-0.15, -0.1) is 0 Å². The van der Waals surface area contributed by atoms with Crippen molar-refractivity contribution in [2.24, 2.45) is 0 Å². The zero-order chi connectivity index (χ0) is 19.9. The van der Waals surface area contributed by atoms with Gasteiger partial charge in [0.15, 0.2) is 0 Å². The van der Waals surface area contributed by atoms with Gasteiger partial charge in [0, 0.05) is 0 Å². The lowest BCUT2D eigenvalue weighted by Crippen LogP contribution is -2.25. The van der Waals surface area contributed by atoms with Gasteiger partial charge in [0.05, 0.1) is 12.0 Å². The van der Waals surface area contributed by atoms with E-state index in [0.29, 0.717) is 16.4 Å². The Labute approximate surface area is 166 Å². The van der Waals surface area contributed by atoms with Crippen molar-refractivity contribution in [3.8, 4) is 17.2 Å². The van der Waals surface area contributed by atoms with Gasteiger partial charge in [-0.25, -0.2) is 0 Å². The van der Waals surface area contributed by atoms with Gasteiger partial charge in [-0.05, 0) is 59.8 Å². The molecular formula is C20H19NO6S. The molecule has 1 fully saturated rings. The fourth-order valence-corrected chi connectivity index (χ4v) is 3.02. The Hall–Kier alpha value is -2.97. The first kappa shape index (κ1) is 19.8. The number of amides is 2. The highest BCUT2D eigenvalue weighted by Crippen LogP contribution is 2.26. The average Bonchev–Trinajstić information content (AvgIpc) is 3.03. The van der Waals surface area contributed by atoms with Crippen LogP contribution in [0.15, 0.2) is 53.4 Å². The van der Waals surface area contributed by atoms with Crippen molar-refractivity contribution in [1.82, 2.24) is 5.32 Å². The van der Waals surface area contributed by atoms with Crippen LogP contribution >= 0.6 is 11.8 Å². The van der Waals surface area contributed by atoms with Gasteiger partial charge in [-0.3, -0.25) is 14.9 Å². The van der Waals surface area contributed by atoms with Crippen LogP contribution in [0, 0.1) is 0 Å². The molecule has 28 heavy (non-hydrogen) atoms. The average molecular weight is 401 g/mol. The van der Waals surface area contributed by atoms with Crippen molar-refractivity contribution in [1.29, 1.82) is 0 Å². The van der Waals surface area contributed by atoms with Crippen molar-refractivity contribution in [2.45, 2.75) is 6.10 Å². The highest BCUT2D eigenvalue weighted by Gasteiger charge is 2.24. The number of ether oxygens (including phenoxy) is 3. The highest BCUT2D eigenvalue weighted by molar-refractivity contribution is 8.18. The number of nitrogens with one attached hydrogen (secondary N) is 1. The van der Waals surface area contributed by atoms with E-state index < -0.39 is 12.0 Å². The molecule has 2 aromatic carbocycles. The Morgan fingerprint density at radius 2 is 1.50 bits per heavy atom. The zero-order valence-corrected chi connectivity index (χ0v) is 15.9. The van der Waals surface area contributed by atoms with Crippen molar-refractivity contribution >= 4 is 29.0 Å².